The first-order chi connectivity index (χ1) is 11.7. The summed E-state index contributed by atoms with van der Waals surface area (Å²) in [6.45, 7) is 2.54. The van der Waals surface area contributed by atoms with Crippen molar-refractivity contribution in [1.82, 2.24) is 19.9 Å². The van der Waals surface area contributed by atoms with Gasteiger partial charge in [0.15, 0.2) is 0 Å². The number of rotatable bonds is 3. The molecule has 7 nitrogen and oxygen atoms in total. The molecule has 1 saturated heterocycles. The lowest BCUT2D eigenvalue weighted by atomic mass is 10.0. The lowest BCUT2D eigenvalue weighted by molar-refractivity contribution is -0.136. The number of carbonyl (C=O) groups excluding carboxylic acids is 1. The molecule has 4 rings (SSSR count). The fourth-order valence-corrected chi connectivity index (χ4v) is 3.25. The van der Waals surface area contributed by atoms with Crippen molar-refractivity contribution in [3.05, 3.63) is 29.7 Å². The Labute approximate surface area is 140 Å². The first kappa shape index (κ1) is 15.1. The van der Waals surface area contributed by atoms with Crippen LogP contribution in [0.5, 0.6) is 5.88 Å². The fraction of sp³-hybridized carbons (Fsp3) is 0.471. The number of hydrogen-bond donors (Lipinski definition) is 1. The molecule has 4 heterocycles. The summed E-state index contributed by atoms with van der Waals surface area (Å²) in [5, 5.41) is 0. The molecule has 2 aliphatic heterocycles. The molecule has 0 aromatic carbocycles. The highest BCUT2D eigenvalue weighted by Gasteiger charge is 2.31. The number of H-pyrrole nitrogens is 1. The van der Waals surface area contributed by atoms with Crippen molar-refractivity contribution in [2.24, 2.45) is 5.92 Å². The number of nitrogens with one attached hydrogen (secondary N) is 1. The van der Waals surface area contributed by atoms with Crippen molar-refractivity contribution in [2.45, 2.75) is 19.4 Å². The number of amides is 1. The molecule has 2 aliphatic rings. The zero-order valence-corrected chi connectivity index (χ0v) is 13.6. The number of imidazole rings is 1. The predicted molar refractivity (Wildman–Crippen MR) is 86.4 cm³/mol. The number of carbonyl (C=O) groups is 1. The summed E-state index contributed by atoms with van der Waals surface area (Å²) in [5.74, 6) is 1.57. The summed E-state index contributed by atoms with van der Waals surface area (Å²) >= 11 is 0. The molecule has 0 unspecified atom stereocenters. The molecule has 1 amide bonds. The third kappa shape index (κ3) is 2.75. The van der Waals surface area contributed by atoms with Gasteiger partial charge in [0.25, 0.3) is 0 Å². The second kappa shape index (κ2) is 6.24. The van der Waals surface area contributed by atoms with E-state index in [4.69, 9.17) is 9.47 Å². The zero-order valence-electron chi connectivity index (χ0n) is 13.6. The van der Waals surface area contributed by atoms with Crippen LogP contribution < -0.4 is 4.74 Å². The molecule has 2 aromatic heterocycles. The van der Waals surface area contributed by atoms with Gasteiger partial charge in [0.2, 0.25) is 11.8 Å². The van der Waals surface area contributed by atoms with E-state index in [9.17, 15) is 4.79 Å². The van der Waals surface area contributed by atoms with Gasteiger partial charge in [-0.05, 0) is 12.5 Å². The Morgan fingerprint density at radius 1 is 1.46 bits per heavy atom. The number of nitrogens with zero attached hydrogens (tertiary/aromatic N) is 3. The second-order valence-electron chi connectivity index (χ2n) is 6.17. The van der Waals surface area contributed by atoms with E-state index >= 15 is 0 Å². The molecular weight excluding hydrogens is 308 g/mol. The molecule has 0 radical (unpaired) electrons. The molecule has 0 aliphatic carbocycles. The SMILES string of the molecule is COc1ccc(-c2nc3c([nH]2)CN(C(=O)[C@@H]2CCOC2)CC3)cn1. The Morgan fingerprint density at radius 3 is 3.08 bits per heavy atom. The predicted octanol–water partition coefficient (Wildman–Crippen LogP) is 1.40. The third-order valence-electron chi connectivity index (χ3n) is 4.64. The quantitative estimate of drug-likeness (QED) is 0.921. The number of hydrogen-bond acceptors (Lipinski definition) is 5. The van der Waals surface area contributed by atoms with Crippen LogP contribution in [0, 0.1) is 5.92 Å². The van der Waals surface area contributed by atoms with Crippen LogP contribution in [0.1, 0.15) is 17.8 Å². The van der Waals surface area contributed by atoms with Crippen LogP contribution in [0.2, 0.25) is 0 Å². The highest BCUT2D eigenvalue weighted by molar-refractivity contribution is 5.79. The molecule has 0 spiro atoms. The molecule has 1 atom stereocenters. The monoisotopic (exact) mass is 328 g/mol. The van der Waals surface area contributed by atoms with Crippen LogP contribution in [0.3, 0.4) is 0 Å². The lowest BCUT2D eigenvalue weighted by Gasteiger charge is -2.28. The Bertz CT molecular complexity index is 735. The van der Waals surface area contributed by atoms with Crippen LogP contribution in [-0.2, 0) is 22.5 Å². The number of fused-ring (bicyclic) bond motifs is 1. The maximum absolute atomic E-state index is 12.5. The van der Waals surface area contributed by atoms with Gasteiger partial charge in [0.05, 0.1) is 37.6 Å². The summed E-state index contributed by atoms with van der Waals surface area (Å²) in [7, 11) is 1.59. The molecule has 1 fully saturated rings. The Morgan fingerprint density at radius 2 is 2.38 bits per heavy atom. The van der Waals surface area contributed by atoms with Gasteiger partial charge >= 0.3 is 0 Å². The average molecular weight is 328 g/mol. The molecule has 1 N–H and O–H groups in total. The van der Waals surface area contributed by atoms with E-state index in [2.05, 4.69) is 15.0 Å². The van der Waals surface area contributed by atoms with Gasteiger partial charge in [-0.3, -0.25) is 4.79 Å². The first-order valence-corrected chi connectivity index (χ1v) is 8.19. The van der Waals surface area contributed by atoms with Crippen molar-refractivity contribution in [2.75, 3.05) is 26.9 Å². The number of methoxy groups -OCH3 is 1. The average Bonchev–Trinajstić information content (AvgIpc) is 3.30. The van der Waals surface area contributed by atoms with Crippen molar-refractivity contribution >= 4 is 5.91 Å². The summed E-state index contributed by atoms with van der Waals surface area (Å²) in [6, 6.07) is 3.74. The number of aromatic amines is 1. The van der Waals surface area contributed by atoms with Gasteiger partial charge in [-0.15, -0.1) is 0 Å². The normalized spacial score (nSPS) is 20.0. The third-order valence-corrected chi connectivity index (χ3v) is 4.64. The van der Waals surface area contributed by atoms with E-state index < -0.39 is 0 Å². The topological polar surface area (TPSA) is 80.3 Å². The van der Waals surface area contributed by atoms with Crippen LogP contribution in [0.4, 0.5) is 0 Å². The minimum Gasteiger partial charge on any atom is -0.481 e. The molecule has 126 valence electrons. The fourth-order valence-electron chi connectivity index (χ4n) is 3.25. The van der Waals surface area contributed by atoms with Gasteiger partial charge < -0.3 is 19.4 Å². The highest BCUT2D eigenvalue weighted by atomic mass is 16.5. The first-order valence-electron chi connectivity index (χ1n) is 8.19. The van der Waals surface area contributed by atoms with E-state index in [-0.39, 0.29) is 11.8 Å². The summed E-state index contributed by atoms with van der Waals surface area (Å²) < 4.78 is 10.4. The zero-order chi connectivity index (χ0) is 16.5. The van der Waals surface area contributed by atoms with Gasteiger partial charge in [-0.1, -0.05) is 0 Å². The van der Waals surface area contributed by atoms with Gasteiger partial charge in [-0.2, -0.15) is 0 Å². The minimum absolute atomic E-state index is 0.0136. The second-order valence-corrected chi connectivity index (χ2v) is 6.17. The van der Waals surface area contributed by atoms with Crippen molar-refractivity contribution in [3.63, 3.8) is 0 Å². The van der Waals surface area contributed by atoms with Gasteiger partial charge in [0.1, 0.15) is 5.82 Å². The Balaban J connectivity index is 1.51. The van der Waals surface area contributed by atoms with Gasteiger partial charge in [0, 0.05) is 37.4 Å². The summed E-state index contributed by atoms with van der Waals surface area (Å²) in [4.78, 5) is 26.7. The Kier molecular flexibility index (Phi) is 3.93. The number of ether oxygens (including phenoxy) is 2. The van der Waals surface area contributed by atoms with E-state index in [1.165, 1.54) is 0 Å². The van der Waals surface area contributed by atoms with E-state index in [0.717, 1.165) is 35.6 Å². The molecular formula is C17H20N4O3. The van der Waals surface area contributed by atoms with Crippen LogP contribution in [0.25, 0.3) is 11.4 Å². The minimum atomic E-state index is 0.0136. The molecule has 7 heteroatoms. The van der Waals surface area contributed by atoms with E-state index in [0.29, 0.717) is 32.2 Å². The van der Waals surface area contributed by atoms with Crippen molar-refractivity contribution in [1.29, 1.82) is 0 Å². The number of aromatic nitrogens is 3. The van der Waals surface area contributed by atoms with Crippen molar-refractivity contribution < 1.29 is 14.3 Å². The number of pyridine rings is 1. The molecule has 2 aromatic rings. The summed E-state index contributed by atoms with van der Waals surface area (Å²) in [5.41, 5.74) is 2.96. The maximum atomic E-state index is 12.5. The Hall–Kier alpha value is -2.41. The van der Waals surface area contributed by atoms with Gasteiger partial charge in [-0.25, -0.2) is 9.97 Å². The molecule has 24 heavy (non-hydrogen) atoms. The van der Waals surface area contributed by atoms with Crippen molar-refractivity contribution in [3.8, 4) is 17.3 Å². The van der Waals surface area contributed by atoms with Crippen LogP contribution in [0.15, 0.2) is 18.3 Å². The smallest absolute Gasteiger partial charge is 0.228 e. The van der Waals surface area contributed by atoms with E-state index in [1.807, 2.05) is 17.0 Å². The van der Waals surface area contributed by atoms with Crippen LogP contribution in [-0.4, -0.2) is 52.6 Å². The standard InChI is InChI=1S/C17H20N4O3/c1-23-15-3-2-11(8-18-15)16-19-13-4-6-21(9-14(13)20-16)17(22)12-5-7-24-10-12/h2-3,8,12H,4-7,9-10H2,1H3,(H,19,20)/t12-/m1/s1. The van der Waals surface area contributed by atoms with Crippen LogP contribution >= 0.6 is 0 Å². The largest absolute Gasteiger partial charge is 0.481 e. The molecule has 0 bridgehead atoms. The van der Waals surface area contributed by atoms with E-state index in [1.54, 1.807) is 13.3 Å². The lowest BCUT2D eigenvalue weighted by Crippen LogP contribution is -2.40. The molecule has 0 saturated carbocycles. The highest BCUT2D eigenvalue weighted by Crippen LogP contribution is 2.25. The summed E-state index contributed by atoms with van der Waals surface area (Å²) in [6.07, 6.45) is 3.34. The maximum Gasteiger partial charge on any atom is 0.228 e.